The zero-order valence-corrected chi connectivity index (χ0v) is 10.9. The molecule has 0 aliphatic heterocycles. The number of amides is 1. The molecule has 0 saturated heterocycles. The standard InChI is InChI=1S/C13H19NO4/c1-13(2,3)18-12(16)14-8-4-5-10-6-7-11(9-15)17-10/h4-7,15H,8-9H2,1-3H3,(H,14,16). The number of carbonyl (C=O) groups excluding carboxylic acids is 1. The summed E-state index contributed by atoms with van der Waals surface area (Å²) in [6.45, 7) is 5.65. The predicted octanol–water partition coefficient (Wildman–Crippen LogP) is 2.31. The van der Waals surface area contributed by atoms with Crippen molar-refractivity contribution >= 4 is 12.2 Å². The zero-order chi connectivity index (χ0) is 13.6. The number of hydrogen-bond donors (Lipinski definition) is 2. The van der Waals surface area contributed by atoms with E-state index in [1.807, 2.05) is 20.8 Å². The summed E-state index contributed by atoms with van der Waals surface area (Å²) in [6, 6.07) is 3.44. The molecule has 18 heavy (non-hydrogen) atoms. The molecule has 1 rings (SSSR count). The van der Waals surface area contributed by atoms with Crippen LogP contribution in [0.15, 0.2) is 22.6 Å². The van der Waals surface area contributed by atoms with E-state index in [9.17, 15) is 4.79 Å². The SMILES string of the molecule is CC(C)(C)OC(=O)NCC=Cc1ccc(CO)o1. The second-order valence-electron chi connectivity index (χ2n) is 4.75. The van der Waals surface area contributed by atoms with Crippen molar-refractivity contribution in [1.29, 1.82) is 0 Å². The lowest BCUT2D eigenvalue weighted by Gasteiger charge is -2.19. The Morgan fingerprint density at radius 1 is 1.50 bits per heavy atom. The van der Waals surface area contributed by atoms with E-state index in [1.165, 1.54) is 0 Å². The fourth-order valence-electron chi connectivity index (χ4n) is 1.20. The number of carbonyl (C=O) groups is 1. The molecule has 0 unspecified atom stereocenters. The van der Waals surface area contributed by atoms with Gasteiger partial charge in [0.1, 0.15) is 23.7 Å². The number of alkyl carbamates (subject to hydrolysis) is 1. The van der Waals surface area contributed by atoms with E-state index in [0.29, 0.717) is 18.1 Å². The van der Waals surface area contributed by atoms with Gasteiger partial charge >= 0.3 is 6.09 Å². The fraction of sp³-hybridized carbons (Fsp3) is 0.462. The highest BCUT2D eigenvalue weighted by Crippen LogP contribution is 2.09. The second-order valence-corrected chi connectivity index (χ2v) is 4.75. The molecule has 0 atom stereocenters. The Morgan fingerprint density at radius 2 is 2.22 bits per heavy atom. The summed E-state index contributed by atoms with van der Waals surface area (Å²) in [5.74, 6) is 1.14. The van der Waals surface area contributed by atoms with E-state index >= 15 is 0 Å². The maximum atomic E-state index is 11.3. The van der Waals surface area contributed by atoms with Gasteiger partial charge in [-0.25, -0.2) is 4.79 Å². The highest BCUT2D eigenvalue weighted by Gasteiger charge is 2.14. The Balaban J connectivity index is 2.31. The predicted molar refractivity (Wildman–Crippen MR) is 67.9 cm³/mol. The first-order valence-corrected chi connectivity index (χ1v) is 5.73. The van der Waals surface area contributed by atoms with Gasteiger partial charge in [-0.05, 0) is 39.0 Å². The summed E-state index contributed by atoms with van der Waals surface area (Å²) < 4.78 is 10.3. The molecule has 1 heterocycles. The number of nitrogens with one attached hydrogen (secondary N) is 1. The van der Waals surface area contributed by atoms with Gasteiger partial charge < -0.3 is 19.6 Å². The van der Waals surface area contributed by atoms with Gasteiger partial charge in [0, 0.05) is 6.54 Å². The molecule has 1 aromatic heterocycles. The first-order valence-electron chi connectivity index (χ1n) is 5.73. The van der Waals surface area contributed by atoms with Crippen LogP contribution in [0.5, 0.6) is 0 Å². The molecule has 0 bridgehead atoms. The Hall–Kier alpha value is -1.75. The number of ether oxygens (including phenoxy) is 1. The van der Waals surface area contributed by atoms with E-state index < -0.39 is 11.7 Å². The van der Waals surface area contributed by atoms with E-state index in [0.717, 1.165) is 0 Å². The average Bonchev–Trinajstić information content (AvgIpc) is 2.70. The third-order valence-corrected chi connectivity index (χ3v) is 1.88. The third-order valence-electron chi connectivity index (χ3n) is 1.88. The molecule has 0 aromatic carbocycles. The molecule has 5 nitrogen and oxygen atoms in total. The molecule has 0 fully saturated rings. The van der Waals surface area contributed by atoms with Crippen molar-refractivity contribution in [3.63, 3.8) is 0 Å². The van der Waals surface area contributed by atoms with Crippen molar-refractivity contribution in [1.82, 2.24) is 5.32 Å². The van der Waals surface area contributed by atoms with Crippen molar-refractivity contribution in [2.45, 2.75) is 33.0 Å². The minimum absolute atomic E-state index is 0.121. The van der Waals surface area contributed by atoms with Crippen molar-refractivity contribution in [2.75, 3.05) is 6.54 Å². The largest absolute Gasteiger partial charge is 0.459 e. The molecule has 0 aliphatic carbocycles. The van der Waals surface area contributed by atoms with Crippen molar-refractivity contribution < 1.29 is 19.1 Å². The van der Waals surface area contributed by atoms with E-state index in [4.69, 9.17) is 14.3 Å². The van der Waals surface area contributed by atoms with Crippen LogP contribution in [0.4, 0.5) is 4.79 Å². The normalized spacial score (nSPS) is 11.8. The summed E-state index contributed by atoms with van der Waals surface area (Å²) in [4.78, 5) is 11.3. The fourth-order valence-corrected chi connectivity index (χ4v) is 1.20. The van der Waals surface area contributed by atoms with Gasteiger partial charge in [0.05, 0.1) is 0 Å². The second kappa shape index (κ2) is 6.26. The topological polar surface area (TPSA) is 71.7 Å². The summed E-state index contributed by atoms with van der Waals surface area (Å²) >= 11 is 0. The number of rotatable bonds is 4. The molecule has 0 saturated carbocycles. The van der Waals surface area contributed by atoms with Crippen LogP contribution in [-0.4, -0.2) is 23.3 Å². The average molecular weight is 253 g/mol. The Kier molecular flexibility index (Phi) is 4.97. The van der Waals surface area contributed by atoms with Crippen LogP contribution in [0.3, 0.4) is 0 Å². The molecule has 100 valence electrons. The van der Waals surface area contributed by atoms with Crippen molar-refractivity contribution in [2.24, 2.45) is 0 Å². The Morgan fingerprint density at radius 3 is 2.78 bits per heavy atom. The number of furan rings is 1. The van der Waals surface area contributed by atoms with Crippen LogP contribution in [-0.2, 0) is 11.3 Å². The molecular weight excluding hydrogens is 234 g/mol. The third kappa shape index (κ3) is 5.54. The highest BCUT2D eigenvalue weighted by molar-refractivity contribution is 5.68. The van der Waals surface area contributed by atoms with E-state index in [1.54, 1.807) is 24.3 Å². The van der Waals surface area contributed by atoms with Crippen LogP contribution < -0.4 is 5.32 Å². The van der Waals surface area contributed by atoms with Gasteiger partial charge in [-0.1, -0.05) is 6.08 Å². The summed E-state index contributed by atoms with van der Waals surface area (Å²) in [7, 11) is 0. The summed E-state index contributed by atoms with van der Waals surface area (Å²) in [5.41, 5.74) is -0.495. The van der Waals surface area contributed by atoms with Crippen molar-refractivity contribution in [3.05, 3.63) is 29.7 Å². The molecule has 5 heteroatoms. The molecule has 2 N–H and O–H groups in total. The maximum absolute atomic E-state index is 11.3. The Labute approximate surface area is 106 Å². The van der Waals surface area contributed by atoms with Gasteiger partial charge in [0.2, 0.25) is 0 Å². The lowest BCUT2D eigenvalue weighted by atomic mass is 10.2. The van der Waals surface area contributed by atoms with Gasteiger partial charge in [0.15, 0.2) is 0 Å². The van der Waals surface area contributed by atoms with E-state index in [2.05, 4.69) is 5.32 Å². The molecule has 1 aromatic rings. The maximum Gasteiger partial charge on any atom is 0.407 e. The van der Waals surface area contributed by atoms with E-state index in [-0.39, 0.29) is 6.61 Å². The minimum atomic E-state index is -0.495. The number of aliphatic hydroxyl groups is 1. The van der Waals surface area contributed by atoms with Crippen LogP contribution in [0, 0.1) is 0 Å². The molecule has 0 radical (unpaired) electrons. The zero-order valence-electron chi connectivity index (χ0n) is 10.9. The molecule has 0 aliphatic rings. The first kappa shape index (κ1) is 14.3. The van der Waals surface area contributed by atoms with Crippen LogP contribution >= 0.6 is 0 Å². The molecule has 1 amide bonds. The number of aliphatic hydroxyl groups excluding tert-OH is 1. The molecule has 0 spiro atoms. The quantitative estimate of drug-likeness (QED) is 0.863. The van der Waals surface area contributed by atoms with Gasteiger partial charge in [-0.2, -0.15) is 0 Å². The minimum Gasteiger partial charge on any atom is -0.459 e. The summed E-state index contributed by atoms with van der Waals surface area (Å²) in [5, 5.41) is 11.4. The van der Waals surface area contributed by atoms with Gasteiger partial charge in [-0.3, -0.25) is 0 Å². The van der Waals surface area contributed by atoms with Crippen molar-refractivity contribution in [3.8, 4) is 0 Å². The smallest absolute Gasteiger partial charge is 0.407 e. The monoisotopic (exact) mass is 253 g/mol. The van der Waals surface area contributed by atoms with Crippen LogP contribution in [0.1, 0.15) is 32.3 Å². The highest BCUT2D eigenvalue weighted by atomic mass is 16.6. The lowest BCUT2D eigenvalue weighted by molar-refractivity contribution is 0.0534. The van der Waals surface area contributed by atoms with Crippen LogP contribution in [0.25, 0.3) is 6.08 Å². The van der Waals surface area contributed by atoms with Crippen LogP contribution in [0.2, 0.25) is 0 Å². The summed E-state index contributed by atoms with van der Waals surface area (Å²) in [6.07, 6.45) is 3.00. The van der Waals surface area contributed by atoms with Gasteiger partial charge in [-0.15, -0.1) is 0 Å². The molecular formula is C13H19NO4. The Bertz CT molecular complexity index is 415. The number of hydrogen-bond acceptors (Lipinski definition) is 4. The lowest BCUT2D eigenvalue weighted by Crippen LogP contribution is -2.32. The van der Waals surface area contributed by atoms with Gasteiger partial charge in [0.25, 0.3) is 0 Å². The first-order chi connectivity index (χ1) is 8.40.